The molecule has 1 fully saturated rings. The summed E-state index contributed by atoms with van der Waals surface area (Å²) in [5.74, 6) is 0.190. The topological polar surface area (TPSA) is 86.3 Å². The minimum Gasteiger partial charge on any atom is -0.496 e. The van der Waals surface area contributed by atoms with Gasteiger partial charge in [0.2, 0.25) is 5.91 Å². The zero-order valence-corrected chi connectivity index (χ0v) is 15.2. The molecule has 140 valence electrons. The molecule has 0 saturated heterocycles. The molecular weight excluding hydrogens is 326 g/mol. The van der Waals surface area contributed by atoms with Gasteiger partial charge in [-0.05, 0) is 18.9 Å². The number of amides is 1. The maximum atomic E-state index is 12.7. The van der Waals surface area contributed by atoms with Crippen molar-refractivity contribution in [2.45, 2.75) is 37.8 Å². The van der Waals surface area contributed by atoms with Crippen LogP contribution in [-0.2, 0) is 25.6 Å². The van der Waals surface area contributed by atoms with Crippen molar-refractivity contribution in [2.75, 3.05) is 33.8 Å². The second-order valence-corrected chi connectivity index (χ2v) is 6.09. The number of hydrogen-bond acceptors (Lipinski definition) is 6. The molecule has 2 rings (SSSR count). The predicted octanol–water partition coefficient (Wildman–Crippen LogP) is 1.58. The normalized spacial score (nSPS) is 26.3. The average molecular weight is 353 g/mol. The second kappa shape index (κ2) is 9.15. The Morgan fingerprint density at radius 1 is 1.12 bits per heavy atom. The highest BCUT2D eigenvalue weighted by Gasteiger charge is 2.41. The fourth-order valence-electron chi connectivity index (χ4n) is 3.34. The fourth-order valence-corrected chi connectivity index (χ4v) is 3.34. The minimum atomic E-state index is -0.246. The summed E-state index contributed by atoms with van der Waals surface area (Å²) in [6, 6.07) is 5.17. The van der Waals surface area contributed by atoms with Gasteiger partial charge in [-0.15, -0.1) is 0 Å². The van der Waals surface area contributed by atoms with Crippen LogP contribution in [0.2, 0.25) is 0 Å². The van der Waals surface area contributed by atoms with E-state index in [9.17, 15) is 9.90 Å². The van der Waals surface area contributed by atoms with E-state index in [0.29, 0.717) is 29.8 Å². The number of anilines is 1. The number of carbonyl (C=O) groups excluding carboxylic acids is 1. The number of ether oxygens (including phenoxy) is 4. The van der Waals surface area contributed by atoms with Crippen LogP contribution in [-0.4, -0.2) is 57.8 Å². The predicted molar refractivity (Wildman–Crippen MR) is 92.7 cm³/mol. The molecule has 0 heterocycles. The first kappa shape index (κ1) is 19.7. The Bertz CT molecular complexity index is 565. The molecule has 0 spiro atoms. The van der Waals surface area contributed by atoms with E-state index in [1.165, 1.54) is 7.11 Å². The highest BCUT2D eigenvalue weighted by atomic mass is 16.6. The third-order valence-electron chi connectivity index (χ3n) is 4.74. The van der Waals surface area contributed by atoms with Gasteiger partial charge in [-0.2, -0.15) is 0 Å². The van der Waals surface area contributed by atoms with Gasteiger partial charge in [0.05, 0.1) is 25.9 Å². The molecule has 1 aliphatic carbocycles. The van der Waals surface area contributed by atoms with Crippen molar-refractivity contribution < 1.29 is 28.8 Å². The molecule has 1 amide bonds. The van der Waals surface area contributed by atoms with Crippen LogP contribution in [0.15, 0.2) is 18.2 Å². The molecule has 2 atom stereocenters. The zero-order chi connectivity index (χ0) is 18.4. The highest BCUT2D eigenvalue weighted by Crippen LogP contribution is 2.31. The monoisotopic (exact) mass is 353 g/mol. The van der Waals surface area contributed by atoms with Crippen molar-refractivity contribution in [3.63, 3.8) is 0 Å². The number of nitrogens with one attached hydrogen (secondary N) is 1. The number of methoxy groups -OCH3 is 4. The van der Waals surface area contributed by atoms with Gasteiger partial charge in [0, 0.05) is 44.6 Å². The molecule has 7 heteroatoms. The highest BCUT2D eigenvalue weighted by molar-refractivity contribution is 5.93. The maximum absolute atomic E-state index is 12.7. The number of aliphatic hydroxyl groups is 1. The SMILES string of the molecule is COc1cc(NC(=O)C2CC(OC)C(OC)C(OC)C2)ccc1CO. The Labute approximate surface area is 148 Å². The van der Waals surface area contributed by atoms with Gasteiger partial charge in [-0.1, -0.05) is 6.07 Å². The first-order chi connectivity index (χ1) is 12.1. The number of carbonyl (C=O) groups is 1. The van der Waals surface area contributed by atoms with Gasteiger partial charge in [0.15, 0.2) is 0 Å². The third-order valence-corrected chi connectivity index (χ3v) is 4.74. The molecule has 0 radical (unpaired) electrons. The van der Waals surface area contributed by atoms with Crippen LogP contribution >= 0.6 is 0 Å². The molecule has 25 heavy (non-hydrogen) atoms. The Hall–Kier alpha value is -1.67. The first-order valence-electron chi connectivity index (χ1n) is 8.24. The summed E-state index contributed by atoms with van der Waals surface area (Å²) in [6.45, 7) is -0.122. The van der Waals surface area contributed by atoms with Gasteiger partial charge in [-0.25, -0.2) is 0 Å². The third kappa shape index (κ3) is 4.49. The van der Waals surface area contributed by atoms with Crippen molar-refractivity contribution in [1.82, 2.24) is 0 Å². The maximum Gasteiger partial charge on any atom is 0.227 e. The van der Waals surface area contributed by atoms with Gasteiger partial charge in [0.25, 0.3) is 0 Å². The summed E-state index contributed by atoms with van der Waals surface area (Å²) >= 11 is 0. The Morgan fingerprint density at radius 3 is 2.24 bits per heavy atom. The van der Waals surface area contributed by atoms with E-state index >= 15 is 0 Å². The Morgan fingerprint density at radius 2 is 1.76 bits per heavy atom. The molecule has 2 unspecified atom stereocenters. The minimum absolute atomic E-state index is 0.0996. The van der Waals surface area contributed by atoms with E-state index in [1.54, 1.807) is 39.5 Å². The van der Waals surface area contributed by atoms with E-state index in [1.807, 2.05) is 0 Å². The largest absolute Gasteiger partial charge is 0.496 e. The summed E-state index contributed by atoms with van der Waals surface area (Å²) in [4.78, 5) is 12.7. The first-order valence-corrected chi connectivity index (χ1v) is 8.24. The fraction of sp³-hybridized carbons (Fsp3) is 0.611. The number of benzene rings is 1. The number of aliphatic hydroxyl groups excluding tert-OH is 1. The van der Waals surface area contributed by atoms with Gasteiger partial charge in [-0.3, -0.25) is 4.79 Å². The molecule has 0 bridgehead atoms. The summed E-state index contributed by atoms with van der Waals surface area (Å²) in [5, 5.41) is 12.2. The lowest BCUT2D eigenvalue weighted by atomic mass is 9.82. The molecule has 7 nitrogen and oxygen atoms in total. The van der Waals surface area contributed by atoms with Crippen LogP contribution in [0.3, 0.4) is 0 Å². The smallest absolute Gasteiger partial charge is 0.227 e. The summed E-state index contributed by atoms with van der Waals surface area (Å²) < 4.78 is 21.7. The number of rotatable bonds is 7. The lowest BCUT2D eigenvalue weighted by Gasteiger charge is -2.38. The van der Waals surface area contributed by atoms with Crippen LogP contribution in [0.5, 0.6) is 5.75 Å². The second-order valence-electron chi connectivity index (χ2n) is 6.09. The van der Waals surface area contributed by atoms with Crippen LogP contribution in [0.1, 0.15) is 18.4 Å². The van der Waals surface area contributed by atoms with E-state index in [0.717, 1.165) is 0 Å². The van der Waals surface area contributed by atoms with Crippen LogP contribution in [0.25, 0.3) is 0 Å². The van der Waals surface area contributed by atoms with Crippen molar-refractivity contribution >= 4 is 11.6 Å². The lowest BCUT2D eigenvalue weighted by molar-refractivity contribution is -0.150. The molecule has 0 aliphatic heterocycles. The molecular formula is C18H27NO6. The lowest BCUT2D eigenvalue weighted by Crippen LogP contribution is -2.49. The average Bonchev–Trinajstić information content (AvgIpc) is 2.66. The van der Waals surface area contributed by atoms with Crippen molar-refractivity contribution in [3.05, 3.63) is 23.8 Å². The Balaban J connectivity index is 2.10. The van der Waals surface area contributed by atoms with E-state index in [2.05, 4.69) is 5.32 Å². The molecule has 1 saturated carbocycles. The molecule has 1 aromatic rings. The van der Waals surface area contributed by atoms with Crippen molar-refractivity contribution in [1.29, 1.82) is 0 Å². The zero-order valence-electron chi connectivity index (χ0n) is 15.2. The summed E-state index contributed by atoms with van der Waals surface area (Å²) in [6.07, 6.45) is 0.526. The number of hydrogen-bond donors (Lipinski definition) is 2. The van der Waals surface area contributed by atoms with Gasteiger partial charge >= 0.3 is 0 Å². The van der Waals surface area contributed by atoms with Gasteiger partial charge < -0.3 is 29.4 Å². The van der Waals surface area contributed by atoms with Crippen LogP contribution in [0, 0.1) is 5.92 Å². The van der Waals surface area contributed by atoms with Crippen LogP contribution < -0.4 is 10.1 Å². The molecule has 2 N–H and O–H groups in total. The standard InChI is InChI=1S/C18H27NO6/c1-22-14-9-13(6-5-11(14)10-20)19-18(21)12-7-15(23-2)17(25-4)16(8-12)24-3/h5-6,9,12,15-17,20H,7-8,10H2,1-4H3,(H,19,21). The molecule has 1 aromatic carbocycles. The van der Waals surface area contributed by atoms with E-state index in [-0.39, 0.29) is 36.7 Å². The van der Waals surface area contributed by atoms with Crippen molar-refractivity contribution in [3.8, 4) is 5.75 Å². The van der Waals surface area contributed by atoms with Crippen LogP contribution in [0.4, 0.5) is 5.69 Å². The van der Waals surface area contributed by atoms with E-state index < -0.39 is 0 Å². The van der Waals surface area contributed by atoms with Gasteiger partial charge in [0.1, 0.15) is 11.9 Å². The van der Waals surface area contributed by atoms with E-state index in [4.69, 9.17) is 18.9 Å². The Kier molecular flexibility index (Phi) is 7.19. The summed E-state index contributed by atoms with van der Waals surface area (Å²) in [5.41, 5.74) is 1.29. The van der Waals surface area contributed by atoms with Crippen molar-refractivity contribution in [2.24, 2.45) is 5.92 Å². The molecule has 0 aromatic heterocycles. The summed E-state index contributed by atoms with van der Waals surface area (Å²) in [7, 11) is 6.38. The quantitative estimate of drug-likeness (QED) is 0.774. The molecule has 1 aliphatic rings.